The van der Waals surface area contributed by atoms with Gasteiger partial charge < -0.3 is 14.2 Å². The number of benzene rings is 4. The van der Waals surface area contributed by atoms with Crippen LogP contribution in [0.5, 0.6) is 17.2 Å². The van der Waals surface area contributed by atoms with Crippen molar-refractivity contribution in [3.8, 4) is 17.2 Å². The van der Waals surface area contributed by atoms with Gasteiger partial charge in [0.2, 0.25) is 0 Å². The first kappa shape index (κ1) is 25.5. The summed E-state index contributed by atoms with van der Waals surface area (Å²) < 4.78 is 16.7. The van der Waals surface area contributed by atoms with E-state index in [9.17, 15) is 9.59 Å². The van der Waals surface area contributed by atoms with E-state index < -0.39 is 11.9 Å². The third-order valence-corrected chi connectivity index (χ3v) is 5.29. The van der Waals surface area contributed by atoms with Crippen molar-refractivity contribution >= 4 is 29.7 Å². The molecule has 0 fully saturated rings. The van der Waals surface area contributed by atoms with Crippen molar-refractivity contribution in [1.29, 1.82) is 0 Å². The molecule has 0 aliphatic carbocycles. The molecule has 7 nitrogen and oxygen atoms in total. The van der Waals surface area contributed by atoms with E-state index in [1.54, 1.807) is 72.8 Å². The van der Waals surface area contributed by atoms with Crippen LogP contribution < -0.4 is 19.6 Å². The first-order chi connectivity index (χ1) is 18.1. The Balaban J connectivity index is 1.24. The number of hydrazone groups is 1. The fourth-order valence-corrected chi connectivity index (χ4v) is 3.28. The van der Waals surface area contributed by atoms with Gasteiger partial charge in [0.25, 0.3) is 5.91 Å². The molecule has 1 N–H and O–H groups in total. The summed E-state index contributed by atoms with van der Waals surface area (Å²) in [5.41, 5.74) is 4.34. The van der Waals surface area contributed by atoms with Crippen LogP contribution >= 0.6 is 11.6 Å². The topological polar surface area (TPSA) is 86.2 Å². The molecule has 0 bridgehead atoms. The number of hydrogen-bond donors (Lipinski definition) is 1. The van der Waals surface area contributed by atoms with Crippen LogP contribution in [0.25, 0.3) is 0 Å². The molecule has 186 valence electrons. The predicted molar refractivity (Wildman–Crippen MR) is 141 cm³/mol. The summed E-state index contributed by atoms with van der Waals surface area (Å²) >= 11 is 5.86. The van der Waals surface area contributed by atoms with E-state index in [1.807, 2.05) is 30.3 Å². The third kappa shape index (κ3) is 7.95. The maximum atomic E-state index is 12.4. The Kier molecular flexibility index (Phi) is 8.88. The fourth-order valence-electron chi connectivity index (χ4n) is 3.15. The minimum Gasteiger partial charge on any atom is -0.489 e. The monoisotopic (exact) mass is 514 g/mol. The van der Waals surface area contributed by atoms with E-state index >= 15 is 0 Å². The second-order valence-corrected chi connectivity index (χ2v) is 8.20. The summed E-state index contributed by atoms with van der Waals surface area (Å²) in [6, 6.07) is 30.1. The summed E-state index contributed by atoms with van der Waals surface area (Å²) in [5.74, 6) is 0.528. The van der Waals surface area contributed by atoms with E-state index in [0.29, 0.717) is 40.0 Å². The molecule has 0 aliphatic rings. The lowest BCUT2D eigenvalue weighted by Gasteiger charge is -2.09. The number of rotatable bonds is 10. The number of esters is 1. The summed E-state index contributed by atoms with van der Waals surface area (Å²) in [4.78, 5) is 24.5. The Hall–Kier alpha value is -4.62. The van der Waals surface area contributed by atoms with E-state index in [0.717, 1.165) is 5.56 Å². The number of nitrogens with zero attached hydrogens (tertiary/aromatic N) is 1. The molecule has 0 saturated carbocycles. The van der Waals surface area contributed by atoms with Crippen LogP contribution in [0.15, 0.2) is 108 Å². The number of carbonyl (C=O) groups excluding carboxylic acids is 2. The quantitative estimate of drug-likeness (QED) is 0.128. The number of nitrogens with one attached hydrogen (secondary N) is 1. The second-order valence-electron chi connectivity index (χ2n) is 7.76. The highest BCUT2D eigenvalue weighted by Gasteiger charge is 2.11. The van der Waals surface area contributed by atoms with Gasteiger partial charge in [0.05, 0.1) is 11.8 Å². The molecule has 0 spiro atoms. The normalized spacial score (nSPS) is 10.6. The fraction of sp³-hybridized carbons (Fsp3) is 0.0690. The van der Waals surface area contributed by atoms with Crippen molar-refractivity contribution in [3.63, 3.8) is 0 Å². The van der Waals surface area contributed by atoms with E-state index in [2.05, 4.69) is 10.5 Å². The average Bonchev–Trinajstić information content (AvgIpc) is 2.93. The zero-order valence-corrected chi connectivity index (χ0v) is 20.4. The van der Waals surface area contributed by atoms with Crippen LogP contribution in [0.1, 0.15) is 21.5 Å². The highest BCUT2D eigenvalue weighted by atomic mass is 35.5. The summed E-state index contributed by atoms with van der Waals surface area (Å²) in [5, 5.41) is 4.46. The lowest BCUT2D eigenvalue weighted by molar-refractivity contribution is -0.123. The molecule has 0 unspecified atom stereocenters. The minimum atomic E-state index is -0.536. The van der Waals surface area contributed by atoms with Gasteiger partial charge in [0.1, 0.15) is 23.9 Å². The summed E-state index contributed by atoms with van der Waals surface area (Å²) in [6.07, 6.45) is 1.39. The molecule has 1 amide bonds. The van der Waals surface area contributed by atoms with Crippen molar-refractivity contribution in [2.24, 2.45) is 5.10 Å². The lowest BCUT2D eigenvalue weighted by Crippen LogP contribution is -2.24. The Morgan fingerprint density at radius 2 is 1.43 bits per heavy atom. The van der Waals surface area contributed by atoms with Gasteiger partial charge in [-0.05, 0) is 66.2 Å². The van der Waals surface area contributed by atoms with Crippen molar-refractivity contribution < 1.29 is 23.8 Å². The second kappa shape index (κ2) is 12.9. The molecule has 8 heteroatoms. The SMILES string of the molecule is O=C(COc1ccc(OCc2ccccc2)cc1)N/N=C\c1ccccc1OC(=O)c1ccc(Cl)cc1. The molecule has 0 heterocycles. The number of ether oxygens (including phenoxy) is 3. The maximum absolute atomic E-state index is 12.4. The molecular formula is C29H23ClN2O5. The Morgan fingerprint density at radius 1 is 0.784 bits per heavy atom. The zero-order chi connectivity index (χ0) is 25.9. The van der Waals surface area contributed by atoms with Gasteiger partial charge in [-0.15, -0.1) is 0 Å². The number of hydrogen-bond acceptors (Lipinski definition) is 6. The minimum absolute atomic E-state index is 0.227. The Bertz CT molecular complexity index is 1360. The Morgan fingerprint density at radius 3 is 2.16 bits per heavy atom. The average molecular weight is 515 g/mol. The molecule has 37 heavy (non-hydrogen) atoms. The molecule has 4 aromatic rings. The molecule has 0 aromatic heterocycles. The molecule has 4 rings (SSSR count). The van der Waals surface area contributed by atoms with Crippen LogP contribution in [0.3, 0.4) is 0 Å². The number of halogens is 1. The largest absolute Gasteiger partial charge is 0.489 e. The smallest absolute Gasteiger partial charge is 0.343 e. The van der Waals surface area contributed by atoms with Crippen LogP contribution in [0.4, 0.5) is 0 Å². The summed E-state index contributed by atoms with van der Waals surface area (Å²) in [6.45, 7) is 0.236. The van der Waals surface area contributed by atoms with Crippen molar-refractivity contribution in [3.05, 3.63) is 125 Å². The standard InChI is InChI=1S/C29H23ClN2O5/c30-24-12-10-22(11-13-24)29(34)37-27-9-5-4-8-23(27)18-31-32-28(33)20-36-26-16-14-25(15-17-26)35-19-21-6-2-1-3-7-21/h1-18H,19-20H2,(H,32,33)/b31-18-. The maximum Gasteiger partial charge on any atom is 0.343 e. The van der Waals surface area contributed by atoms with Gasteiger partial charge in [-0.1, -0.05) is 54.1 Å². The first-order valence-corrected chi connectivity index (χ1v) is 11.7. The predicted octanol–water partition coefficient (Wildman–Crippen LogP) is 5.67. The van der Waals surface area contributed by atoms with Crippen molar-refractivity contribution in [2.45, 2.75) is 6.61 Å². The number of carbonyl (C=O) groups is 2. The van der Waals surface area contributed by atoms with Crippen LogP contribution in [-0.4, -0.2) is 24.7 Å². The van der Waals surface area contributed by atoms with Crippen LogP contribution in [0.2, 0.25) is 5.02 Å². The number of para-hydroxylation sites is 1. The molecule has 0 saturated heterocycles. The van der Waals surface area contributed by atoms with Gasteiger partial charge in [-0.2, -0.15) is 5.10 Å². The molecule has 0 radical (unpaired) electrons. The van der Waals surface area contributed by atoms with Gasteiger partial charge in [0.15, 0.2) is 6.61 Å². The number of amides is 1. The van der Waals surface area contributed by atoms with Gasteiger partial charge in [-0.25, -0.2) is 10.2 Å². The Labute approximate surface area is 219 Å². The lowest BCUT2D eigenvalue weighted by atomic mass is 10.2. The van der Waals surface area contributed by atoms with Crippen LogP contribution in [0, 0.1) is 0 Å². The molecule has 4 aromatic carbocycles. The zero-order valence-electron chi connectivity index (χ0n) is 19.7. The van der Waals surface area contributed by atoms with Gasteiger partial charge >= 0.3 is 5.97 Å². The van der Waals surface area contributed by atoms with E-state index in [1.165, 1.54) is 6.21 Å². The highest BCUT2D eigenvalue weighted by Crippen LogP contribution is 2.20. The van der Waals surface area contributed by atoms with Crippen molar-refractivity contribution in [2.75, 3.05) is 6.61 Å². The van der Waals surface area contributed by atoms with E-state index in [4.69, 9.17) is 25.8 Å². The highest BCUT2D eigenvalue weighted by molar-refractivity contribution is 6.30. The molecule has 0 atom stereocenters. The van der Waals surface area contributed by atoms with Crippen molar-refractivity contribution in [1.82, 2.24) is 5.43 Å². The first-order valence-electron chi connectivity index (χ1n) is 11.3. The third-order valence-electron chi connectivity index (χ3n) is 5.04. The molecular weight excluding hydrogens is 492 g/mol. The van der Waals surface area contributed by atoms with Gasteiger partial charge in [0, 0.05) is 10.6 Å². The molecule has 0 aliphatic heterocycles. The summed E-state index contributed by atoms with van der Waals surface area (Å²) in [7, 11) is 0. The van der Waals surface area contributed by atoms with Crippen LogP contribution in [-0.2, 0) is 11.4 Å². The van der Waals surface area contributed by atoms with E-state index in [-0.39, 0.29) is 6.61 Å². The van der Waals surface area contributed by atoms with Gasteiger partial charge in [-0.3, -0.25) is 4.79 Å².